The summed E-state index contributed by atoms with van der Waals surface area (Å²) in [5.41, 5.74) is -0.638. The molecule has 1 fully saturated rings. The van der Waals surface area contributed by atoms with Crippen LogP contribution in [0, 0.1) is 0 Å². The molecule has 3 N–H and O–H groups in total. The first-order valence-corrected chi connectivity index (χ1v) is 8.19. The highest BCUT2D eigenvalue weighted by Crippen LogP contribution is 2.30. The van der Waals surface area contributed by atoms with E-state index in [4.69, 9.17) is 4.74 Å². The number of esters is 1. The summed E-state index contributed by atoms with van der Waals surface area (Å²) in [6, 6.07) is -0.372. The predicted molar refractivity (Wildman–Crippen MR) is 86.1 cm³/mol. The molecule has 7 nitrogen and oxygen atoms in total. The second-order valence-electron chi connectivity index (χ2n) is 6.30. The second-order valence-corrected chi connectivity index (χ2v) is 7.18. The average molecular weight is 340 g/mol. The Morgan fingerprint density at radius 1 is 1.39 bits per heavy atom. The number of amides is 1. The van der Waals surface area contributed by atoms with Gasteiger partial charge in [0.05, 0.1) is 17.3 Å². The number of hydrogen-bond donors (Lipinski definition) is 3. The third-order valence-corrected chi connectivity index (χ3v) is 4.20. The van der Waals surface area contributed by atoms with Crippen molar-refractivity contribution in [2.45, 2.75) is 45.3 Å². The molecule has 23 heavy (non-hydrogen) atoms. The van der Waals surface area contributed by atoms with Crippen LogP contribution in [-0.4, -0.2) is 41.1 Å². The van der Waals surface area contributed by atoms with Gasteiger partial charge in [-0.2, -0.15) is 0 Å². The molecule has 1 saturated heterocycles. The molecule has 0 aliphatic carbocycles. The Morgan fingerprint density at radius 3 is 2.61 bits per heavy atom. The van der Waals surface area contributed by atoms with E-state index < -0.39 is 17.5 Å². The Labute approximate surface area is 138 Å². The summed E-state index contributed by atoms with van der Waals surface area (Å²) in [4.78, 5) is 35.7. The van der Waals surface area contributed by atoms with Gasteiger partial charge >= 0.3 is 11.9 Å². The summed E-state index contributed by atoms with van der Waals surface area (Å²) >= 11 is 0.888. The number of hydrogen-bond acceptors (Lipinski definition) is 6. The van der Waals surface area contributed by atoms with Crippen LogP contribution in [0.5, 0.6) is 0 Å². The summed E-state index contributed by atoms with van der Waals surface area (Å²) in [6.45, 7) is 5.90. The van der Waals surface area contributed by atoms with Gasteiger partial charge in [0, 0.05) is 5.38 Å². The van der Waals surface area contributed by atoms with E-state index in [0.717, 1.165) is 24.3 Å². The second kappa shape index (κ2) is 6.67. The lowest BCUT2D eigenvalue weighted by atomic mass is 10.1. The van der Waals surface area contributed by atoms with E-state index in [-0.39, 0.29) is 28.1 Å². The molecule has 126 valence electrons. The van der Waals surface area contributed by atoms with Crippen molar-refractivity contribution in [2.75, 3.05) is 11.9 Å². The van der Waals surface area contributed by atoms with Crippen LogP contribution < -0.4 is 10.6 Å². The smallest absolute Gasteiger partial charge is 0.348 e. The molecule has 1 unspecified atom stereocenters. The summed E-state index contributed by atoms with van der Waals surface area (Å²) in [5.74, 6) is -2.19. The average Bonchev–Trinajstić information content (AvgIpc) is 3.05. The molecule has 1 aromatic rings. The first kappa shape index (κ1) is 17.4. The zero-order chi connectivity index (χ0) is 17.2. The van der Waals surface area contributed by atoms with Gasteiger partial charge in [-0.1, -0.05) is 0 Å². The minimum Gasteiger partial charge on any atom is -0.477 e. The van der Waals surface area contributed by atoms with Crippen LogP contribution in [0.2, 0.25) is 0 Å². The lowest BCUT2D eigenvalue weighted by molar-refractivity contribution is -0.117. The Morgan fingerprint density at radius 2 is 2.09 bits per heavy atom. The molecule has 1 aliphatic rings. The molecule has 1 aromatic heterocycles. The van der Waals surface area contributed by atoms with Crippen LogP contribution in [0.1, 0.15) is 53.6 Å². The van der Waals surface area contributed by atoms with E-state index in [9.17, 15) is 19.5 Å². The Balaban J connectivity index is 2.27. The monoisotopic (exact) mass is 340 g/mol. The number of thiophene rings is 1. The number of carboxylic acids is 1. The number of carboxylic acid groups (broad SMARTS) is 1. The number of carbonyl (C=O) groups is 3. The molecule has 1 amide bonds. The minimum absolute atomic E-state index is 0.00968. The van der Waals surface area contributed by atoms with E-state index in [1.807, 2.05) is 0 Å². The van der Waals surface area contributed by atoms with Crippen molar-refractivity contribution in [3.05, 3.63) is 15.8 Å². The zero-order valence-electron chi connectivity index (χ0n) is 13.3. The quantitative estimate of drug-likeness (QED) is 0.725. The van der Waals surface area contributed by atoms with E-state index in [1.165, 1.54) is 5.38 Å². The van der Waals surface area contributed by atoms with Crippen LogP contribution in [0.4, 0.5) is 5.69 Å². The van der Waals surface area contributed by atoms with Gasteiger partial charge in [0.25, 0.3) is 0 Å². The summed E-state index contributed by atoms with van der Waals surface area (Å²) in [6.07, 6.45) is 1.56. The van der Waals surface area contributed by atoms with Gasteiger partial charge in [0.2, 0.25) is 5.91 Å². The SMILES string of the molecule is CC(C)(C)OC(=O)c1csc(C(=O)O)c1NC(=O)C1CCCN1. The van der Waals surface area contributed by atoms with Crippen LogP contribution in [0.25, 0.3) is 0 Å². The Hall–Kier alpha value is -1.93. The van der Waals surface area contributed by atoms with Crippen molar-refractivity contribution >= 4 is 34.9 Å². The standard InChI is InChI=1S/C15H20N2O5S/c1-15(2,3)22-14(21)8-7-23-11(13(19)20)10(8)17-12(18)9-5-4-6-16-9/h7,9,16H,4-6H2,1-3H3,(H,17,18)(H,19,20). The molecule has 1 atom stereocenters. The molecular weight excluding hydrogens is 320 g/mol. The number of aromatic carboxylic acids is 1. The Kier molecular flexibility index (Phi) is 5.06. The van der Waals surface area contributed by atoms with Crippen molar-refractivity contribution in [1.82, 2.24) is 5.32 Å². The first-order chi connectivity index (χ1) is 10.7. The first-order valence-electron chi connectivity index (χ1n) is 7.31. The van der Waals surface area contributed by atoms with Gasteiger partial charge in [-0.3, -0.25) is 4.79 Å². The van der Waals surface area contributed by atoms with Gasteiger partial charge < -0.3 is 20.5 Å². The maximum absolute atomic E-state index is 12.2. The van der Waals surface area contributed by atoms with Crippen molar-refractivity contribution in [3.8, 4) is 0 Å². The van der Waals surface area contributed by atoms with Gasteiger partial charge in [-0.05, 0) is 40.2 Å². The fraction of sp³-hybridized carbons (Fsp3) is 0.533. The van der Waals surface area contributed by atoms with Crippen molar-refractivity contribution in [1.29, 1.82) is 0 Å². The summed E-state index contributed by atoms with van der Waals surface area (Å²) < 4.78 is 5.27. The molecule has 0 saturated carbocycles. The summed E-state index contributed by atoms with van der Waals surface area (Å²) in [5, 5.41) is 16.3. The fourth-order valence-corrected chi connectivity index (χ4v) is 3.07. The molecule has 0 bridgehead atoms. The van der Waals surface area contributed by atoms with Crippen LogP contribution in [-0.2, 0) is 9.53 Å². The normalized spacial score (nSPS) is 17.8. The van der Waals surface area contributed by atoms with Crippen LogP contribution >= 0.6 is 11.3 Å². The van der Waals surface area contributed by atoms with Gasteiger partial charge in [-0.15, -0.1) is 11.3 Å². The largest absolute Gasteiger partial charge is 0.477 e. The molecule has 0 spiro atoms. The van der Waals surface area contributed by atoms with E-state index in [2.05, 4.69) is 10.6 Å². The molecule has 8 heteroatoms. The van der Waals surface area contributed by atoms with E-state index in [0.29, 0.717) is 6.42 Å². The van der Waals surface area contributed by atoms with Crippen molar-refractivity contribution in [3.63, 3.8) is 0 Å². The van der Waals surface area contributed by atoms with Gasteiger partial charge in [0.1, 0.15) is 10.5 Å². The highest BCUT2D eigenvalue weighted by atomic mass is 32.1. The lowest BCUT2D eigenvalue weighted by Gasteiger charge is -2.20. The molecule has 2 rings (SSSR count). The number of ether oxygens (including phenoxy) is 1. The molecular formula is C15H20N2O5S. The molecule has 0 aromatic carbocycles. The highest BCUT2D eigenvalue weighted by Gasteiger charge is 2.29. The van der Waals surface area contributed by atoms with Crippen molar-refractivity contribution in [2.24, 2.45) is 0 Å². The molecule has 2 heterocycles. The third kappa shape index (κ3) is 4.29. The highest BCUT2D eigenvalue weighted by molar-refractivity contribution is 7.13. The zero-order valence-corrected chi connectivity index (χ0v) is 14.1. The Bertz CT molecular complexity index is 626. The van der Waals surface area contributed by atoms with E-state index >= 15 is 0 Å². The van der Waals surface area contributed by atoms with Crippen molar-refractivity contribution < 1.29 is 24.2 Å². The minimum atomic E-state index is -1.19. The third-order valence-electron chi connectivity index (χ3n) is 3.23. The van der Waals surface area contributed by atoms with Gasteiger partial charge in [0.15, 0.2) is 0 Å². The molecule has 0 radical (unpaired) electrons. The maximum atomic E-state index is 12.2. The van der Waals surface area contributed by atoms with E-state index in [1.54, 1.807) is 20.8 Å². The molecule has 1 aliphatic heterocycles. The number of nitrogens with one attached hydrogen (secondary N) is 2. The number of carbonyl (C=O) groups excluding carboxylic acids is 2. The predicted octanol–water partition coefficient (Wildman–Crippen LogP) is 2.09. The fourth-order valence-electron chi connectivity index (χ4n) is 2.24. The van der Waals surface area contributed by atoms with Crippen LogP contribution in [0.3, 0.4) is 0 Å². The topological polar surface area (TPSA) is 105 Å². The number of anilines is 1. The lowest BCUT2D eigenvalue weighted by Crippen LogP contribution is -2.36. The maximum Gasteiger partial charge on any atom is 0.348 e. The number of rotatable bonds is 4. The van der Waals surface area contributed by atoms with Gasteiger partial charge in [-0.25, -0.2) is 9.59 Å². The van der Waals surface area contributed by atoms with Crippen LogP contribution in [0.15, 0.2) is 5.38 Å². The summed E-state index contributed by atoms with van der Waals surface area (Å²) in [7, 11) is 0.